The monoisotopic (exact) mass is 910 g/mol. The summed E-state index contributed by atoms with van der Waals surface area (Å²) in [5.74, 6) is -5.39. The minimum Gasteiger partial charge on any atom is -0.545 e. The molecule has 8 aromatic rings. The molecule has 0 aliphatic carbocycles. The summed E-state index contributed by atoms with van der Waals surface area (Å²) in [7, 11) is 0. The van der Waals surface area contributed by atoms with Gasteiger partial charge in [0.1, 0.15) is 0 Å². The first-order valence-corrected chi connectivity index (χ1v) is 18.0. The minimum absolute atomic E-state index is 0. The minimum atomic E-state index is -1.35. The van der Waals surface area contributed by atoms with Gasteiger partial charge in [0.05, 0.1) is 46.7 Å². The first kappa shape index (κ1) is 48.7. The van der Waals surface area contributed by atoms with Gasteiger partial charge in [-0.15, -0.1) is 0 Å². The Labute approximate surface area is 377 Å². The van der Waals surface area contributed by atoms with Crippen molar-refractivity contribution in [2.45, 2.75) is 0 Å². The van der Waals surface area contributed by atoms with Crippen molar-refractivity contribution >= 4 is 23.9 Å². The van der Waals surface area contributed by atoms with Gasteiger partial charge in [0, 0.05) is 47.0 Å². The fraction of sp³-hybridized carbons (Fsp3) is 0. The predicted molar refractivity (Wildman–Crippen MR) is 216 cm³/mol. The summed E-state index contributed by atoms with van der Waals surface area (Å²) in [6.07, 6.45) is 7.07. The summed E-state index contributed by atoms with van der Waals surface area (Å²) < 4.78 is 0. The van der Waals surface area contributed by atoms with Gasteiger partial charge in [-0.05, 0) is 70.8 Å². The fourth-order valence-corrected chi connectivity index (χ4v) is 5.64. The van der Waals surface area contributed by atoms with Crippen LogP contribution in [0.4, 0.5) is 0 Å². The summed E-state index contributed by atoms with van der Waals surface area (Å²) >= 11 is 0. The number of nitrogens with zero attached hydrogens (tertiary/aromatic N) is 4. The van der Waals surface area contributed by atoms with Gasteiger partial charge < -0.3 is 39.6 Å². The maximum absolute atomic E-state index is 11.0. The third kappa shape index (κ3) is 13.7. The van der Waals surface area contributed by atoms with Crippen molar-refractivity contribution in [3.63, 3.8) is 0 Å². The summed E-state index contributed by atoms with van der Waals surface area (Å²) in [6, 6.07) is 47.6. The standard InChI is InChI=1S/2C14H10O4.2C10H8N2.2Co/c2*15-13(16)11-7-3-1-5-9(11)10-6-2-4-8-12(10)14(17)18;2*1-3-7-11-9(5-1)10-6-2-4-8-12-10;;/h2*1-8H,(H,15,16)(H,17,18);2*1-8H;;/q;;;;2*+2/p-4. The molecule has 4 aromatic carbocycles. The first-order valence-electron chi connectivity index (χ1n) is 18.0. The maximum Gasteiger partial charge on any atom is 2.00 e. The third-order valence-corrected chi connectivity index (χ3v) is 8.35. The Morgan fingerprint density at radius 1 is 0.274 bits per heavy atom. The summed E-state index contributed by atoms with van der Waals surface area (Å²) in [5.41, 5.74) is 4.67. The average molecular weight is 911 g/mol. The van der Waals surface area contributed by atoms with E-state index in [0.29, 0.717) is 22.3 Å². The quantitative estimate of drug-likeness (QED) is 0.207. The number of benzene rings is 4. The maximum atomic E-state index is 11.0. The molecule has 0 spiro atoms. The number of aromatic carboxylic acids is 4. The van der Waals surface area contributed by atoms with Crippen LogP contribution in [0.1, 0.15) is 41.4 Å². The number of carboxylic acids is 4. The summed E-state index contributed by atoms with van der Waals surface area (Å²) in [5, 5.41) is 44.0. The Hall–Kier alpha value is -7.63. The Morgan fingerprint density at radius 3 is 0.613 bits per heavy atom. The van der Waals surface area contributed by atoms with Gasteiger partial charge in [0.15, 0.2) is 0 Å². The topological polar surface area (TPSA) is 212 Å². The molecule has 0 N–H and O–H groups in total. The van der Waals surface area contributed by atoms with Crippen LogP contribution in [0.15, 0.2) is 195 Å². The number of carbonyl (C=O) groups is 4. The van der Waals surface area contributed by atoms with Crippen LogP contribution in [0.25, 0.3) is 45.0 Å². The number of aromatic nitrogens is 4. The van der Waals surface area contributed by atoms with Gasteiger partial charge in [0.25, 0.3) is 0 Å². The molecule has 4 aromatic heterocycles. The molecule has 0 aliphatic rings. The van der Waals surface area contributed by atoms with E-state index in [1.54, 1.807) is 73.3 Å². The van der Waals surface area contributed by atoms with Crippen LogP contribution in [0.3, 0.4) is 0 Å². The van der Waals surface area contributed by atoms with Gasteiger partial charge in [-0.1, -0.05) is 121 Å². The van der Waals surface area contributed by atoms with Crippen molar-refractivity contribution < 1.29 is 73.2 Å². The summed E-state index contributed by atoms with van der Waals surface area (Å²) in [4.78, 5) is 60.8. The molecule has 310 valence electrons. The molecular formula is C48H32Co2N4O8. The van der Waals surface area contributed by atoms with E-state index in [1.807, 2.05) is 72.8 Å². The molecule has 2 radical (unpaired) electrons. The molecule has 0 atom stereocenters. The number of rotatable bonds is 8. The van der Waals surface area contributed by atoms with Crippen LogP contribution in [-0.2, 0) is 33.6 Å². The fourth-order valence-electron chi connectivity index (χ4n) is 5.64. The van der Waals surface area contributed by atoms with Crippen LogP contribution >= 0.6 is 0 Å². The Kier molecular flexibility index (Phi) is 19.7. The van der Waals surface area contributed by atoms with Crippen molar-refractivity contribution in [2.24, 2.45) is 0 Å². The van der Waals surface area contributed by atoms with E-state index in [-0.39, 0.29) is 55.8 Å². The zero-order valence-electron chi connectivity index (χ0n) is 32.2. The molecule has 0 amide bonds. The van der Waals surface area contributed by atoms with Crippen molar-refractivity contribution in [3.05, 3.63) is 217 Å². The van der Waals surface area contributed by atoms with Crippen LogP contribution in [0.5, 0.6) is 0 Å². The van der Waals surface area contributed by atoms with Gasteiger partial charge in [-0.25, -0.2) is 0 Å². The predicted octanol–water partition coefficient (Wildman–Crippen LogP) is 4.44. The zero-order valence-corrected chi connectivity index (χ0v) is 34.3. The second kappa shape index (κ2) is 25.1. The molecule has 4 heterocycles. The van der Waals surface area contributed by atoms with Gasteiger partial charge in [0.2, 0.25) is 0 Å². The molecule has 8 rings (SSSR count). The van der Waals surface area contributed by atoms with Crippen molar-refractivity contribution in [3.8, 4) is 45.0 Å². The zero-order chi connectivity index (χ0) is 42.7. The number of pyridine rings is 4. The van der Waals surface area contributed by atoms with Crippen LogP contribution < -0.4 is 20.4 Å². The Balaban J connectivity index is 0.000000221. The largest absolute Gasteiger partial charge is 2.00 e. The Bertz CT molecular complexity index is 2300. The van der Waals surface area contributed by atoms with Gasteiger partial charge >= 0.3 is 33.6 Å². The summed E-state index contributed by atoms with van der Waals surface area (Å²) in [6.45, 7) is 0. The molecule has 12 nitrogen and oxygen atoms in total. The molecule has 0 saturated carbocycles. The van der Waals surface area contributed by atoms with Crippen molar-refractivity contribution in [1.82, 2.24) is 19.9 Å². The SMILES string of the molecule is O=C([O-])c1ccccc1-c1ccccc1C(=O)[O-].O=C([O-])c1ccccc1-c1ccccc1C(=O)[O-].[Co+2].[Co+2].c1ccc(-c2ccccn2)nc1.c1ccc(-c2ccccn2)nc1. The second-order valence-electron chi connectivity index (χ2n) is 12.2. The Morgan fingerprint density at radius 2 is 0.452 bits per heavy atom. The first-order chi connectivity index (χ1) is 29.2. The molecule has 0 fully saturated rings. The van der Waals surface area contributed by atoms with E-state index in [2.05, 4.69) is 19.9 Å². The van der Waals surface area contributed by atoms with Crippen molar-refractivity contribution in [2.75, 3.05) is 0 Å². The molecule has 62 heavy (non-hydrogen) atoms. The van der Waals surface area contributed by atoms with E-state index >= 15 is 0 Å². The van der Waals surface area contributed by atoms with Gasteiger partial charge in [-0.2, -0.15) is 0 Å². The number of carbonyl (C=O) groups excluding carboxylic acids is 4. The van der Waals surface area contributed by atoms with E-state index < -0.39 is 23.9 Å². The molecule has 0 aliphatic heterocycles. The van der Waals surface area contributed by atoms with E-state index in [4.69, 9.17) is 0 Å². The molecular weight excluding hydrogens is 878 g/mol. The van der Waals surface area contributed by atoms with Crippen LogP contribution in [-0.4, -0.2) is 43.8 Å². The van der Waals surface area contributed by atoms with E-state index in [0.717, 1.165) is 22.8 Å². The van der Waals surface area contributed by atoms with Gasteiger partial charge in [-0.3, -0.25) is 19.9 Å². The third-order valence-electron chi connectivity index (χ3n) is 8.35. The molecule has 0 bridgehead atoms. The molecule has 0 unspecified atom stereocenters. The van der Waals surface area contributed by atoms with E-state index in [9.17, 15) is 39.6 Å². The van der Waals surface area contributed by atoms with E-state index in [1.165, 1.54) is 48.5 Å². The normalized spacial score (nSPS) is 9.55. The number of hydrogen-bond donors (Lipinski definition) is 0. The van der Waals surface area contributed by atoms with Crippen molar-refractivity contribution in [1.29, 1.82) is 0 Å². The molecule has 14 heteroatoms. The van der Waals surface area contributed by atoms with Crippen LogP contribution in [0, 0.1) is 0 Å². The molecule has 0 saturated heterocycles. The van der Waals surface area contributed by atoms with Crippen LogP contribution in [0.2, 0.25) is 0 Å². The number of carboxylic acid groups (broad SMARTS) is 4. The second-order valence-corrected chi connectivity index (χ2v) is 12.2. The number of hydrogen-bond acceptors (Lipinski definition) is 12. The smallest absolute Gasteiger partial charge is 0.545 e. The average Bonchev–Trinajstić information content (AvgIpc) is 3.31.